The Balaban J connectivity index is 2.09. The maximum atomic E-state index is 13.6. The normalized spacial score (nSPS) is 15.6. The lowest BCUT2D eigenvalue weighted by Gasteiger charge is -2.34. The van der Waals surface area contributed by atoms with Gasteiger partial charge in [0.05, 0.1) is 5.60 Å². The summed E-state index contributed by atoms with van der Waals surface area (Å²) < 4.78 is 34.7. The standard InChI is InChI=1S/C22H25BrFO3PS/c1-14(2)22(3,4)27-28(25,26)18(13-15-9-11-16(24)12-10-15)21-20(23)17-7-5-6-8-19(17)29-21/h5-12,14,18H,13H2,1-4H3,(H,25,26). The van der Waals surface area contributed by atoms with Crippen molar-refractivity contribution >= 4 is 44.9 Å². The van der Waals surface area contributed by atoms with Crippen LogP contribution in [0.1, 0.15) is 43.8 Å². The molecule has 7 heteroatoms. The SMILES string of the molecule is CC(C)C(C)(C)O[P@@](=O)(O)C(Cc1ccc(F)cc1)c1sc2ccccc2c1Br. The Labute approximate surface area is 183 Å². The summed E-state index contributed by atoms with van der Waals surface area (Å²) in [5, 5.41) is 1.000. The van der Waals surface area contributed by atoms with E-state index in [1.165, 1.54) is 23.5 Å². The van der Waals surface area contributed by atoms with Gasteiger partial charge in [-0.25, -0.2) is 4.39 Å². The van der Waals surface area contributed by atoms with Crippen LogP contribution in [0.4, 0.5) is 4.39 Å². The number of thiophene rings is 1. The minimum absolute atomic E-state index is 0.0558. The zero-order chi connectivity index (χ0) is 21.4. The van der Waals surface area contributed by atoms with Gasteiger partial charge in [0.25, 0.3) is 0 Å². The highest BCUT2D eigenvalue weighted by Crippen LogP contribution is 2.63. The monoisotopic (exact) mass is 498 g/mol. The highest BCUT2D eigenvalue weighted by Gasteiger charge is 2.42. The van der Waals surface area contributed by atoms with E-state index in [1.807, 2.05) is 52.0 Å². The predicted octanol–water partition coefficient (Wildman–Crippen LogP) is 7.72. The summed E-state index contributed by atoms with van der Waals surface area (Å²) in [5.41, 5.74) is -0.757. The molecule has 1 aromatic heterocycles. The maximum absolute atomic E-state index is 13.6. The van der Waals surface area contributed by atoms with Crippen LogP contribution in [0.15, 0.2) is 53.0 Å². The van der Waals surface area contributed by atoms with E-state index in [-0.39, 0.29) is 18.2 Å². The molecule has 0 aliphatic carbocycles. The Bertz CT molecular complexity index is 1050. The van der Waals surface area contributed by atoms with Gasteiger partial charge < -0.3 is 9.42 Å². The molecular formula is C22H25BrFO3PS. The van der Waals surface area contributed by atoms with E-state index >= 15 is 0 Å². The molecule has 0 aliphatic heterocycles. The quantitative estimate of drug-likeness (QED) is 0.339. The molecule has 0 spiro atoms. The Morgan fingerprint density at radius 3 is 2.38 bits per heavy atom. The van der Waals surface area contributed by atoms with Crippen LogP contribution in [0.25, 0.3) is 10.1 Å². The second kappa shape index (κ2) is 8.60. The molecule has 2 atom stereocenters. The van der Waals surface area contributed by atoms with Crippen molar-refractivity contribution in [3.05, 3.63) is 69.3 Å². The number of hydrogen-bond acceptors (Lipinski definition) is 3. The number of benzene rings is 2. The Morgan fingerprint density at radius 2 is 1.79 bits per heavy atom. The Morgan fingerprint density at radius 1 is 1.17 bits per heavy atom. The Kier molecular flexibility index (Phi) is 6.72. The summed E-state index contributed by atoms with van der Waals surface area (Å²) in [4.78, 5) is 11.9. The van der Waals surface area contributed by atoms with Crippen LogP contribution in [0.3, 0.4) is 0 Å². The summed E-state index contributed by atoms with van der Waals surface area (Å²) in [6.07, 6.45) is 0.271. The molecule has 29 heavy (non-hydrogen) atoms. The fraction of sp³-hybridized carbons (Fsp3) is 0.364. The summed E-state index contributed by atoms with van der Waals surface area (Å²) in [6, 6.07) is 13.9. The third-order valence-corrected chi connectivity index (χ3v) is 9.89. The number of fused-ring (bicyclic) bond motifs is 1. The molecule has 1 unspecified atom stereocenters. The van der Waals surface area contributed by atoms with E-state index in [0.717, 1.165) is 25.0 Å². The molecule has 3 nitrogen and oxygen atoms in total. The molecule has 2 aromatic carbocycles. The third-order valence-electron chi connectivity index (χ3n) is 5.36. The first kappa shape index (κ1) is 22.6. The fourth-order valence-electron chi connectivity index (χ4n) is 2.95. The molecule has 0 fully saturated rings. The first-order valence-corrected chi connectivity index (χ1v) is 12.7. The zero-order valence-corrected chi connectivity index (χ0v) is 20.2. The zero-order valence-electron chi connectivity index (χ0n) is 16.9. The molecule has 3 rings (SSSR count). The van der Waals surface area contributed by atoms with Gasteiger partial charge in [-0.3, -0.25) is 4.57 Å². The first-order chi connectivity index (χ1) is 13.5. The molecule has 0 amide bonds. The number of rotatable bonds is 7. The van der Waals surface area contributed by atoms with Crippen molar-refractivity contribution in [1.29, 1.82) is 0 Å². The van der Waals surface area contributed by atoms with Gasteiger partial charge in [-0.15, -0.1) is 11.3 Å². The highest BCUT2D eigenvalue weighted by atomic mass is 79.9. The van der Waals surface area contributed by atoms with E-state index in [0.29, 0.717) is 0 Å². The van der Waals surface area contributed by atoms with Crippen LogP contribution in [0.5, 0.6) is 0 Å². The van der Waals surface area contributed by atoms with Crippen molar-refractivity contribution in [2.24, 2.45) is 5.92 Å². The lowest BCUT2D eigenvalue weighted by Crippen LogP contribution is -2.30. The van der Waals surface area contributed by atoms with Crippen molar-refractivity contribution in [2.45, 2.75) is 45.4 Å². The van der Waals surface area contributed by atoms with Crippen LogP contribution in [0.2, 0.25) is 0 Å². The van der Waals surface area contributed by atoms with E-state index in [4.69, 9.17) is 4.52 Å². The van der Waals surface area contributed by atoms with Crippen molar-refractivity contribution in [1.82, 2.24) is 0 Å². The van der Waals surface area contributed by atoms with Crippen LogP contribution < -0.4 is 0 Å². The number of halogens is 2. The predicted molar refractivity (Wildman–Crippen MR) is 122 cm³/mol. The smallest absolute Gasteiger partial charge is 0.324 e. The summed E-state index contributed by atoms with van der Waals surface area (Å²) in [6.45, 7) is 7.58. The molecule has 0 radical (unpaired) electrons. The molecule has 1 N–H and O–H groups in total. The maximum Gasteiger partial charge on any atom is 0.337 e. The fourth-order valence-corrected chi connectivity index (χ4v) is 7.65. The van der Waals surface area contributed by atoms with Crippen molar-refractivity contribution in [3.8, 4) is 0 Å². The van der Waals surface area contributed by atoms with Crippen molar-refractivity contribution in [3.63, 3.8) is 0 Å². The lowest BCUT2D eigenvalue weighted by atomic mass is 9.95. The van der Waals surface area contributed by atoms with Gasteiger partial charge in [0.1, 0.15) is 11.5 Å². The van der Waals surface area contributed by atoms with E-state index in [2.05, 4.69) is 15.9 Å². The molecule has 1 heterocycles. The van der Waals surface area contributed by atoms with Gasteiger partial charge in [0.2, 0.25) is 0 Å². The minimum Gasteiger partial charge on any atom is -0.324 e. The minimum atomic E-state index is -4.07. The van der Waals surface area contributed by atoms with Crippen molar-refractivity contribution in [2.75, 3.05) is 0 Å². The molecule has 0 bridgehead atoms. The van der Waals surface area contributed by atoms with Gasteiger partial charge in [-0.05, 0) is 65.9 Å². The van der Waals surface area contributed by atoms with Crippen LogP contribution in [-0.4, -0.2) is 10.5 Å². The Hall–Kier alpha value is -1.04. The van der Waals surface area contributed by atoms with Gasteiger partial charge in [0, 0.05) is 19.4 Å². The van der Waals surface area contributed by atoms with Gasteiger partial charge in [0.15, 0.2) is 0 Å². The summed E-state index contributed by atoms with van der Waals surface area (Å²) >= 11 is 5.12. The highest BCUT2D eigenvalue weighted by molar-refractivity contribution is 9.10. The van der Waals surface area contributed by atoms with Gasteiger partial charge in [-0.2, -0.15) is 0 Å². The van der Waals surface area contributed by atoms with Crippen LogP contribution in [0, 0.1) is 11.7 Å². The lowest BCUT2D eigenvalue weighted by molar-refractivity contribution is 0.0449. The molecule has 0 saturated carbocycles. The van der Waals surface area contributed by atoms with E-state index in [9.17, 15) is 13.8 Å². The average molecular weight is 499 g/mol. The summed E-state index contributed by atoms with van der Waals surface area (Å²) in [5.74, 6) is -0.280. The second-order valence-electron chi connectivity index (χ2n) is 8.04. The van der Waals surface area contributed by atoms with Gasteiger partial charge >= 0.3 is 7.60 Å². The van der Waals surface area contributed by atoms with Crippen molar-refractivity contribution < 1.29 is 18.4 Å². The molecular weight excluding hydrogens is 474 g/mol. The molecule has 0 saturated heterocycles. The third kappa shape index (κ3) is 5.00. The summed E-state index contributed by atoms with van der Waals surface area (Å²) in [7, 11) is -4.07. The molecule has 156 valence electrons. The largest absolute Gasteiger partial charge is 0.337 e. The van der Waals surface area contributed by atoms with E-state index < -0.39 is 18.9 Å². The second-order valence-corrected chi connectivity index (χ2v) is 11.8. The number of hydrogen-bond donors (Lipinski definition) is 1. The van der Waals surface area contributed by atoms with Crippen LogP contribution >= 0.6 is 34.9 Å². The molecule has 3 aromatic rings. The van der Waals surface area contributed by atoms with Gasteiger partial charge in [-0.1, -0.05) is 44.2 Å². The molecule has 0 aliphatic rings. The first-order valence-electron chi connectivity index (χ1n) is 9.46. The van der Waals surface area contributed by atoms with E-state index in [1.54, 1.807) is 12.1 Å². The van der Waals surface area contributed by atoms with Crippen LogP contribution in [-0.2, 0) is 15.5 Å². The average Bonchev–Trinajstić information content (AvgIpc) is 2.97. The topological polar surface area (TPSA) is 46.5 Å².